The lowest BCUT2D eigenvalue weighted by atomic mass is 9.95. The fraction of sp³-hybridized carbons (Fsp3) is 0.353. The van der Waals surface area contributed by atoms with Crippen LogP contribution in [0.4, 0.5) is 4.79 Å². The third-order valence-electron chi connectivity index (χ3n) is 3.45. The Morgan fingerprint density at radius 1 is 1.12 bits per heavy atom. The van der Waals surface area contributed by atoms with Gasteiger partial charge in [0.2, 0.25) is 0 Å². The zero-order chi connectivity index (χ0) is 17.5. The molecule has 7 heteroatoms. The maximum Gasteiger partial charge on any atom is 0.338 e. The van der Waals surface area contributed by atoms with Crippen molar-refractivity contribution < 1.29 is 23.9 Å². The van der Waals surface area contributed by atoms with E-state index in [1.807, 2.05) is 18.2 Å². The Kier molecular flexibility index (Phi) is 5.95. The molecular formula is C17H20N2O5. The Hall–Kier alpha value is -2.83. The summed E-state index contributed by atoms with van der Waals surface area (Å²) < 4.78 is 10.2. The minimum absolute atomic E-state index is 0.194. The molecule has 2 amide bonds. The molecule has 1 aliphatic rings. The van der Waals surface area contributed by atoms with E-state index in [-0.39, 0.29) is 30.9 Å². The summed E-state index contributed by atoms with van der Waals surface area (Å²) in [6.07, 6.45) is 0.205. The van der Waals surface area contributed by atoms with Gasteiger partial charge in [-0.1, -0.05) is 37.3 Å². The molecule has 0 spiro atoms. The van der Waals surface area contributed by atoms with Crippen LogP contribution in [-0.2, 0) is 19.1 Å². The van der Waals surface area contributed by atoms with Crippen molar-refractivity contribution in [1.82, 2.24) is 10.6 Å². The molecule has 1 aliphatic heterocycles. The molecule has 0 bridgehead atoms. The number of amides is 2. The summed E-state index contributed by atoms with van der Waals surface area (Å²) in [5, 5.41) is 5.24. The fourth-order valence-corrected chi connectivity index (χ4v) is 2.33. The molecule has 0 aromatic heterocycles. The molecule has 1 heterocycles. The Balaban J connectivity index is 2.41. The van der Waals surface area contributed by atoms with E-state index < -0.39 is 24.0 Å². The number of benzene rings is 1. The highest BCUT2D eigenvalue weighted by molar-refractivity contribution is 5.95. The summed E-state index contributed by atoms with van der Waals surface area (Å²) in [7, 11) is 0. The number of esters is 2. The highest BCUT2D eigenvalue weighted by Gasteiger charge is 2.34. The van der Waals surface area contributed by atoms with Crippen molar-refractivity contribution in [2.24, 2.45) is 0 Å². The molecule has 0 fully saturated rings. The van der Waals surface area contributed by atoms with Crippen LogP contribution < -0.4 is 10.6 Å². The van der Waals surface area contributed by atoms with E-state index in [0.29, 0.717) is 0 Å². The van der Waals surface area contributed by atoms with Crippen LogP contribution in [0.25, 0.3) is 0 Å². The van der Waals surface area contributed by atoms with Gasteiger partial charge >= 0.3 is 18.0 Å². The number of rotatable bonds is 6. The molecule has 0 saturated heterocycles. The number of nitrogens with one attached hydrogen (secondary N) is 2. The normalized spacial score (nSPS) is 16.9. The summed E-state index contributed by atoms with van der Waals surface area (Å²) in [6.45, 7) is 3.36. The molecular weight excluding hydrogens is 312 g/mol. The van der Waals surface area contributed by atoms with Crippen LogP contribution in [0, 0.1) is 0 Å². The van der Waals surface area contributed by atoms with Crippen molar-refractivity contribution in [1.29, 1.82) is 0 Å². The zero-order valence-electron chi connectivity index (χ0n) is 13.6. The quantitative estimate of drug-likeness (QED) is 0.775. The number of carbonyl (C=O) groups is 3. The summed E-state index contributed by atoms with van der Waals surface area (Å²) in [5.41, 5.74) is 1.19. The second kappa shape index (κ2) is 8.14. The van der Waals surface area contributed by atoms with Crippen molar-refractivity contribution in [2.75, 3.05) is 13.2 Å². The van der Waals surface area contributed by atoms with Crippen molar-refractivity contribution >= 4 is 18.0 Å². The first-order valence-electron chi connectivity index (χ1n) is 7.75. The fourth-order valence-electron chi connectivity index (χ4n) is 2.33. The van der Waals surface area contributed by atoms with Crippen LogP contribution in [0.5, 0.6) is 0 Å². The summed E-state index contributed by atoms with van der Waals surface area (Å²) in [6, 6.07) is 7.90. The molecule has 1 atom stereocenters. The van der Waals surface area contributed by atoms with Gasteiger partial charge in [-0.2, -0.15) is 0 Å². The van der Waals surface area contributed by atoms with Gasteiger partial charge < -0.3 is 20.1 Å². The van der Waals surface area contributed by atoms with Crippen LogP contribution in [-0.4, -0.2) is 31.2 Å². The molecule has 2 rings (SSSR count). The van der Waals surface area contributed by atoms with Gasteiger partial charge in [-0.3, -0.25) is 4.79 Å². The Bertz CT molecular complexity index is 654. The van der Waals surface area contributed by atoms with Gasteiger partial charge in [0.1, 0.15) is 6.61 Å². The second-order valence-corrected chi connectivity index (χ2v) is 5.07. The summed E-state index contributed by atoms with van der Waals surface area (Å²) in [5.74, 6) is -0.990. The van der Waals surface area contributed by atoms with E-state index in [2.05, 4.69) is 10.6 Å². The summed E-state index contributed by atoms with van der Waals surface area (Å²) >= 11 is 0. The standard InChI is InChI=1S/C17H20N2O5/c1-3-13(20)24-10-12-14(16(21)23-4-2)15(19-17(22)18-12)11-8-6-5-7-9-11/h5-9,15H,3-4,10H2,1-2H3,(H2,18,19,22)/t15-/m1/s1. The molecule has 7 nitrogen and oxygen atoms in total. The number of carbonyl (C=O) groups excluding carboxylic acids is 3. The maximum absolute atomic E-state index is 12.4. The lowest BCUT2D eigenvalue weighted by Crippen LogP contribution is -2.47. The number of ether oxygens (including phenoxy) is 2. The Morgan fingerprint density at radius 3 is 2.46 bits per heavy atom. The average Bonchev–Trinajstić information content (AvgIpc) is 2.59. The minimum Gasteiger partial charge on any atom is -0.463 e. The van der Waals surface area contributed by atoms with Crippen LogP contribution in [0.3, 0.4) is 0 Å². The van der Waals surface area contributed by atoms with E-state index in [0.717, 1.165) is 5.56 Å². The molecule has 1 aromatic carbocycles. The van der Waals surface area contributed by atoms with Crippen molar-refractivity contribution in [2.45, 2.75) is 26.3 Å². The lowest BCUT2D eigenvalue weighted by molar-refractivity contribution is -0.143. The Labute approximate surface area is 140 Å². The topological polar surface area (TPSA) is 93.7 Å². The van der Waals surface area contributed by atoms with E-state index in [4.69, 9.17) is 9.47 Å². The first kappa shape index (κ1) is 17.5. The van der Waals surface area contributed by atoms with Crippen molar-refractivity contribution in [3.63, 3.8) is 0 Å². The average molecular weight is 332 g/mol. The van der Waals surface area contributed by atoms with Crippen LogP contribution in [0.1, 0.15) is 31.9 Å². The van der Waals surface area contributed by atoms with Gasteiger partial charge in [0.15, 0.2) is 0 Å². The van der Waals surface area contributed by atoms with Gasteiger partial charge in [0.25, 0.3) is 0 Å². The molecule has 0 aliphatic carbocycles. The van der Waals surface area contributed by atoms with Crippen molar-refractivity contribution in [3.8, 4) is 0 Å². The Morgan fingerprint density at radius 2 is 1.83 bits per heavy atom. The molecule has 0 unspecified atom stereocenters. The number of hydrogen-bond donors (Lipinski definition) is 2. The lowest BCUT2D eigenvalue weighted by Gasteiger charge is -2.29. The van der Waals surface area contributed by atoms with Crippen LogP contribution >= 0.6 is 0 Å². The zero-order valence-corrected chi connectivity index (χ0v) is 13.6. The van der Waals surface area contributed by atoms with Gasteiger partial charge in [0.05, 0.1) is 23.9 Å². The molecule has 24 heavy (non-hydrogen) atoms. The van der Waals surface area contributed by atoms with Gasteiger partial charge in [0, 0.05) is 6.42 Å². The predicted octanol–water partition coefficient (Wildman–Crippen LogP) is 1.81. The van der Waals surface area contributed by atoms with Gasteiger partial charge in [-0.15, -0.1) is 0 Å². The molecule has 1 aromatic rings. The molecule has 0 saturated carbocycles. The third-order valence-corrected chi connectivity index (χ3v) is 3.45. The molecule has 2 N–H and O–H groups in total. The molecule has 128 valence electrons. The monoisotopic (exact) mass is 332 g/mol. The van der Waals surface area contributed by atoms with E-state index in [9.17, 15) is 14.4 Å². The minimum atomic E-state index is -0.672. The van der Waals surface area contributed by atoms with Crippen LogP contribution in [0.2, 0.25) is 0 Å². The highest BCUT2D eigenvalue weighted by atomic mass is 16.5. The van der Waals surface area contributed by atoms with Gasteiger partial charge in [-0.05, 0) is 12.5 Å². The van der Waals surface area contributed by atoms with Crippen LogP contribution in [0.15, 0.2) is 41.6 Å². The predicted molar refractivity (Wildman–Crippen MR) is 85.8 cm³/mol. The maximum atomic E-state index is 12.4. The highest BCUT2D eigenvalue weighted by Crippen LogP contribution is 2.27. The van der Waals surface area contributed by atoms with E-state index in [1.54, 1.807) is 26.0 Å². The smallest absolute Gasteiger partial charge is 0.338 e. The SMILES string of the molecule is CCOC(=O)C1=C(COC(=O)CC)NC(=O)N[C@@H]1c1ccccc1. The number of hydrogen-bond acceptors (Lipinski definition) is 5. The van der Waals surface area contributed by atoms with E-state index in [1.165, 1.54) is 0 Å². The summed E-state index contributed by atoms with van der Waals surface area (Å²) in [4.78, 5) is 35.8. The van der Waals surface area contributed by atoms with Crippen molar-refractivity contribution in [3.05, 3.63) is 47.2 Å². The first-order valence-corrected chi connectivity index (χ1v) is 7.75. The molecule has 0 radical (unpaired) electrons. The second-order valence-electron chi connectivity index (χ2n) is 5.07. The first-order chi connectivity index (χ1) is 11.6. The van der Waals surface area contributed by atoms with Gasteiger partial charge in [-0.25, -0.2) is 9.59 Å². The number of urea groups is 1. The largest absolute Gasteiger partial charge is 0.463 e. The van der Waals surface area contributed by atoms with E-state index >= 15 is 0 Å². The third kappa shape index (κ3) is 4.13.